The van der Waals surface area contributed by atoms with Gasteiger partial charge in [0.15, 0.2) is 0 Å². The number of amides is 1. The Bertz CT molecular complexity index is 506. The summed E-state index contributed by atoms with van der Waals surface area (Å²) in [4.78, 5) is 11.4. The van der Waals surface area contributed by atoms with Crippen LogP contribution in [0.1, 0.15) is 10.4 Å². The first-order valence-corrected chi connectivity index (χ1v) is 6.42. The maximum absolute atomic E-state index is 11.7. The zero-order valence-electron chi connectivity index (χ0n) is 9.43. The van der Waals surface area contributed by atoms with Gasteiger partial charge < -0.3 is 5.32 Å². The average Bonchev–Trinajstić information content (AvgIpc) is 2.35. The van der Waals surface area contributed by atoms with Crippen LogP contribution < -0.4 is 10.0 Å². The maximum Gasteiger partial charge on any atom is 0.251 e. The molecule has 2 N–H and O–H groups in total. The number of hydrogen-bond donors (Lipinski definition) is 2. The van der Waals surface area contributed by atoms with E-state index in [-0.39, 0.29) is 17.3 Å². The highest BCUT2D eigenvalue weighted by Crippen LogP contribution is 2.10. The van der Waals surface area contributed by atoms with Gasteiger partial charge in [0.25, 0.3) is 5.91 Å². The van der Waals surface area contributed by atoms with Gasteiger partial charge in [-0.25, -0.2) is 13.1 Å². The lowest BCUT2D eigenvalue weighted by Crippen LogP contribution is -2.24. The summed E-state index contributed by atoms with van der Waals surface area (Å²) in [7, 11) is -2.01. The second kappa shape index (κ2) is 5.60. The van der Waals surface area contributed by atoms with Crippen molar-refractivity contribution in [2.24, 2.45) is 0 Å². The van der Waals surface area contributed by atoms with Gasteiger partial charge in [-0.05, 0) is 24.3 Å². The molecule has 0 heterocycles. The lowest BCUT2D eigenvalue weighted by Gasteiger charge is -2.05. The van der Waals surface area contributed by atoms with Crippen molar-refractivity contribution in [3.63, 3.8) is 0 Å². The first-order chi connectivity index (χ1) is 8.01. The van der Waals surface area contributed by atoms with E-state index < -0.39 is 10.0 Å². The first-order valence-electron chi connectivity index (χ1n) is 4.94. The molecule has 1 aromatic carbocycles. The molecule has 0 aliphatic heterocycles. The number of carbonyl (C=O) groups excluding carboxylic acids is 1. The molecular weight excluding hydrogens is 240 g/mol. The van der Waals surface area contributed by atoms with Crippen LogP contribution in [0.2, 0.25) is 0 Å². The number of nitrogens with one attached hydrogen (secondary N) is 2. The van der Waals surface area contributed by atoms with E-state index >= 15 is 0 Å². The topological polar surface area (TPSA) is 75.3 Å². The average molecular weight is 254 g/mol. The highest BCUT2D eigenvalue weighted by atomic mass is 32.2. The molecule has 0 bridgehead atoms. The van der Waals surface area contributed by atoms with E-state index in [1.807, 2.05) is 0 Å². The third-order valence-corrected chi connectivity index (χ3v) is 3.51. The van der Waals surface area contributed by atoms with E-state index in [0.29, 0.717) is 5.56 Å². The second-order valence-electron chi connectivity index (χ2n) is 3.24. The van der Waals surface area contributed by atoms with E-state index in [1.165, 1.54) is 37.4 Å². The molecule has 5 nitrogen and oxygen atoms in total. The minimum Gasteiger partial charge on any atom is -0.355 e. The molecule has 1 amide bonds. The zero-order chi connectivity index (χ0) is 12.9. The molecule has 17 heavy (non-hydrogen) atoms. The van der Waals surface area contributed by atoms with Crippen LogP contribution in [0, 0.1) is 0 Å². The van der Waals surface area contributed by atoms with Gasteiger partial charge in [-0.15, -0.1) is 6.58 Å². The van der Waals surface area contributed by atoms with E-state index in [9.17, 15) is 13.2 Å². The minimum absolute atomic E-state index is 0.118. The monoisotopic (exact) mass is 254 g/mol. The summed E-state index contributed by atoms with van der Waals surface area (Å²) >= 11 is 0. The summed E-state index contributed by atoms with van der Waals surface area (Å²) in [5, 5.41) is 2.46. The molecule has 1 rings (SSSR count). The number of carbonyl (C=O) groups is 1. The molecule has 1 aromatic rings. The Morgan fingerprint density at radius 2 is 1.94 bits per heavy atom. The van der Waals surface area contributed by atoms with Crippen LogP contribution in [0.3, 0.4) is 0 Å². The number of hydrogen-bond acceptors (Lipinski definition) is 3. The molecule has 0 saturated carbocycles. The van der Waals surface area contributed by atoms with Crippen molar-refractivity contribution in [1.29, 1.82) is 0 Å². The van der Waals surface area contributed by atoms with Crippen LogP contribution in [0.15, 0.2) is 41.8 Å². The molecular formula is C11H14N2O3S. The Morgan fingerprint density at radius 3 is 2.41 bits per heavy atom. The van der Waals surface area contributed by atoms with Crippen molar-refractivity contribution in [1.82, 2.24) is 10.0 Å². The van der Waals surface area contributed by atoms with E-state index in [0.717, 1.165) is 0 Å². The summed E-state index contributed by atoms with van der Waals surface area (Å²) in [5.74, 6) is -0.256. The third-order valence-electron chi connectivity index (χ3n) is 2.07. The fourth-order valence-electron chi connectivity index (χ4n) is 1.18. The van der Waals surface area contributed by atoms with Crippen molar-refractivity contribution < 1.29 is 13.2 Å². The van der Waals surface area contributed by atoms with Gasteiger partial charge >= 0.3 is 0 Å². The summed E-state index contributed by atoms with van der Waals surface area (Å²) < 4.78 is 25.7. The summed E-state index contributed by atoms with van der Waals surface area (Å²) in [6.07, 6.45) is 1.45. The van der Waals surface area contributed by atoms with Crippen molar-refractivity contribution in [3.05, 3.63) is 42.5 Å². The first kappa shape index (κ1) is 13.4. The van der Waals surface area contributed by atoms with E-state index in [4.69, 9.17) is 0 Å². The smallest absolute Gasteiger partial charge is 0.251 e. The highest BCUT2D eigenvalue weighted by molar-refractivity contribution is 7.89. The number of rotatable bonds is 5. The number of sulfonamides is 1. The van der Waals surface area contributed by atoms with Gasteiger partial charge in [-0.2, -0.15) is 0 Å². The van der Waals surface area contributed by atoms with Crippen molar-refractivity contribution in [2.75, 3.05) is 13.6 Å². The Kier molecular flexibility index (Phi) is 4.42. The second-order valence-corrected chi connectivity index (χ2v) is 5.01. The molecule has 0 atom stereocenters. The molecule has 0 radical (unpaired) electrons. The van der Waals surface area contributed by atoms with Gasteiger partial charge in [0.1, 0.15) is 0 Å². The molecule has 0 aromatic heterocycles. The lowest BCUT2D eigenvalue weighted by atomic mass is 10.2. The zero-order valence-corrected chi connectivity index (χ0v) is 10.3. The lowest BCUT2D eigenvalue weighted by molar-refractivity contribution is 0.0963. The molecule has 0 fully saturated rings. The molecule has 6 heteroatoms. The molecule has 0 aliphatic rings. The molecule has 0 spiro atoms. The van der Waals surface area contributed by atoms with Gasteiger partial charge in [-0.1, -0.05) is 6.08 Å². The molecule has 0 saturated heterocycles. The van der Waals surface area contributed by atoms with Gasteiger partial charge in [0.05, 0.1) is 4.90 Å². The summed E-state index contributed by atoms with van der Waals surface area (Å²) in [6.45, 7) is 3.59. The van der Waals surface area contributed by atoms with Gasteiger partial charge in [-0.3, -0.25) is 4.79 Å². The van der Waals surface area contributed by atoms with Crippen LogP contribution >= 0.6 is 0 Å². The van der Waals surface area contributed by atoms with Gasteiger partial charge in [0.2, 0.25) is 10.0 Å². The van der Waals surface area contributed by atoms with Crippen molar-refractivity contribution in [3.8, 4) is 0 Å². The SMILES string of the molecule is C=CCNS(=O)(=O)c1ccc(C(=O)NC)cc1. The predicted octanol–water partition coefficient (Wildman–Crippen LogP) is 0.510. The summed E-state index contributed by atoms with van der Waals surface area (Å²) in [5.41, 5.74) is 0.412. The summed E-state index contributed by atoms with van der Waals surface area (Å²) in [6, 6.07) is 5.69. The quantitative estimate of drug-likeness (QED) is 0.752. The number of benzene rings is 1. The maximum atomic E-state index is 11.7. The fraction of sp³-hybridized carbons (Fsp3) is 0.182. The van der Waals surface area contributed by atoms with Crippen molar-refractivity contribution >= 4 is 15.9 Å². The van der Waals surface area contributed by atoms with Gasteiger partial charge in [0, 0.05) is 19.2 Å². The van der Waals surface area contributed by atoms with Crippen LogP contribution in [0.25, 0.3) is 0 Å². The minimum atomic E-state index is -3.52. The molecule has 0 aliphatic carbocycles. The Balaban J connectivity index is 2.94. The fourth-order valence-corrected chi connectivity index (χ4v) is 2.18. The van der Waals surface area contributed by atoms with Crippen LogP contribution in [-0.4, -0.2) is 27.9 Å². The molecule has 92 valence electrons. The Hall–Kier alpha value is -1.66. The third kappa shape index (κ3) is 3.40. The Labute approximate surface area is 101 Å². The van der Waals surface area contributed by atoms with Crippen LogP contribution in [-0.2, 0) is 10.0 Å². The van der Waals surface area contributed by atoms with E-state index in [2.05, 4.69) is 16.6 Å². The molecule has 0 unspecified atom stereocenters. The standard InChI is InChI=1S/C11H14N2O3S/c1-3-8-13-17(15,16)10-6-4-9(5-7-10)11(14)12-2/h3-7,13H,1,8H2,2H3,(H,12,14). The Morgan fingerprint density at radius 1 is 1.35 bits per heavy atom. The van der Waals surface area contributed by atoms with Crippen molar-refractivity contribution in [2.45, 2.75) is 4.90 Å². The largest absolute Gasteiger partial charge is 0.355 e. The van der Waals surface area contributed by atoms with Crippen LogP contribution in [0.4, 0.5) is 0 Å². The normalized spacial score (nSPS) is 10.9. The van der Waals surface area contributed by atoms with Crippen LogP contribution in [0.5, 0.6) is 0 Å². The predicted molar refractivity (Wildman–Crippen MR) is 65.2 cm³/mol. The highest BCUT2D eigenvalue weighted by Gasteiger charge is 2.13. The van der Waals surface area contributed by atoms with E-state index in [1.54, 1.807) is 0 Å².